The first-order chi connectivity index (χ1) is 12.8. The van der Waals surface area contributed by atoms with Gasteiger partial charge in [0.15, 0.2) is 0 Å². The van der Waals surface area contributed by atoms with Gasteiger partial charge in [0.05, 0.1) is 0 Å². The molecule has 0 amide bonds. The number of allylic oxidation sites excluding steroid dienone is 1. The quantitative estimate of drug-likeness (QED) is 0.412. The molecule has 0 aliphatic rings. The van der Waals surface area contributed by atoms with Crippen LogP contribution in [0.25, 0.3) is 21.7 Å². The average molecular weight is 364 g/mol. The van der Waals surface area contributed by atoms with Gasteiger partial charge in [0, 0.05) is 16.6 Å². The zero-order valence-corrected chi connectivity index (χ0v) is 16.3. The van der Waals surface area contributed by atoms with Crippen molar-refractivity contribution in [3.63, 3.8) is 0 Å². The third-order valence-electron chi connectivity index (χ3n) is 4.12. The molecular formula is C23H25NOS. The molecule has 0 bridgehead atoms. The Morgan fingerprint density at radius 3 is 2.19 bits per heavy atom. The number of ether oxygens (including phenoxy) is 1. The van der Waals surface area contributed by atoms with E-state index in [9.17, 15) is 0 Å². The fourth-order valence-corrected chi connectivity index (χ4v) is 3.75. The van der Waals surface area contributed by atoms with Crippen LogP contribution in [0.15, 0.2) is 66.9 Å². The minimum absolute atomic E-state index is 0.621. The molecule has 0 unspecified atom stereocenters. The molecule has 3 aromatic rings. The third kappa shape index (κ3) is 4.83. The molecule has 0 atom stereocenters. The topological polar surface area (TPSA) is 22.1 Å². The van der Waals surface area contributed by atoms with Crippen molar-refractivity contribution in [1.82, 2.24) is 4.98 Å². The fraction of sp³-hybridized carbons (Fsp3) is 0.261. The highest BCUT2D eigenvalue weighted by Gasteiger charge is 2.05. The molecule has 0 saturated heterocycles. The van der Waals surface area contributed by atoms with E-state index >= 15 is 0 Å². The summed E-state index contributed by atoms with van der Waals surface area (Å²) >= 11 is 1.79. The van der Waals surface area contributed by atoms with Crippen LogP contribution in [0.5, 0.6) is 5.75 Å². The normalized spacial score (nSPS) is 11.2. The number of hydrogen-bond acceptors (Lipinski definition) is 3. The monoisotopic (exact) mass is 363 g/mol. The van der Waals surface area contributed by atoms with E-state index in [1.54, 1.807) is 11.3 Å². The first kappa shape index (κ1) is 18.4. The van der Waals surface area contributed by atoms with Gasteiger partial charge < -0.3 is 4.74 Å². The number of rotatable bonds is 8. The number of aryl methyl sites for hydroxylation is 1. The molecule has 26 heavy (non-hydrogen) atoms. The highest BCUT2D eigenvalue weighted by Crippen LogP contribution is 2.29. The summed E-state index contributed by atoms with van der Waals surface area (Å²) in [4.78, 5) is 5.91. The number of benzene rings is 2. The van der Waals surface area contributed by atoms with E-state index in [-0.39, 0.29) is 0 Å². The highest BCUT2D eigenvalue weighted by molar-refractivity contribution is 7.15. The summed E-state index contributed by atoms with van der Waals surface area (Å²) in [6.07, 6.45) is 9.49. The minimum atomic E-state index is 0.621. The van der Waals surface area contributed by atoms with Gasteiger partial charge in [-0.15, -0.1) is 11.3 Å². The van der Waals surface area contributed by atoms with E-state index < -0.39 is 0 Å². The van der Waals surface area contributed by atoms with E-state index in [4.69, 9.17) is 4.74 Å². The Bertz CT molecular complexity index is 831. The molecular weight excluding hydrogens is 338 g/mol. The number of hydrogen-bond donors (Lipinski definition) is 0. The van der Waals surface area contributed by atoms with Crippen molar-refractivity contribution >= 4 is 11.3 Å². The van der Waals surface area contributed by atoms with Crippen LogP contribution < -0.4 is 4.74 Å². The van der Waals surface area contributed by atoms with Crippen molar-refractivity contribution < 1.29 is 4.74 Å². The summed E-state index contributed by atoms with van der Waals surface area (Å²) in [5, 5.41) is 1.10. The van der Waals surface area contributed by atoms with Gasteiger partial charge in [-0.05, 0) is 36.1 Å². The van der Waals surface area contributed by atoms with Crippen LogP contribution in [0.1, 0.15) is 31.6 Å². The number of thiazole rings is 1. The molecule has 134 valence electrons. The summed E-state index contributed by atoms with van der Waals surface area (Å²) in [5.41, 5.74) is 3.58. The molecule has 0 spiro atoms. The first-order valence-electron chi connectivity index (χ1n) is 9.23. The largest absolute Gasteiger partial charge is 0.490 e. The Morgan fingerprint density at radius 1 is 0.885 bits per heavy atom. The number of nitrogens with zero attached hydrogens (tertiary/aromatic N) is 1. The molecule has 3 heteroatoms. The van der Waals surface area contributed by atoms with Gasteiger partial charge >= 0.3 is 0 Å². The lowest BCUT2D eigenvalue weighted by molar-refractivity contribution is 0.362. The number of aromatic nitrogens is 1. The predicted molar refractivity (Wildman–Crippen MR) is 112 cm³/mol. The van der Waals surface area contributed by atoms with Gasteiger partial charge in [0.1, 0.15) is 17.4 Å². The Kier molecular flexibility index (Phi) is 6.62. The van der Waals surface area contributed by atoms with Crippen molar-refractivity contribution in [2.24, 2.45) is 0 Å². The van der Waals surface area contributed by atoms with Crippen molar-refractivity contribution in [1.29, 1.82) is 0 Å². The second-order valence-corrected chi connectivity index (χ2v) is 7.29. The van der Waals surface area contributed by atoms with Gasteiger partial charge in [-0.3, -0.25) is 0 Å². The van der Waals surface area contributed by atoms with Crippen LogP contribution >= 0.6 is 11.3 Å². The Morgan fingerprint density at radius 2 is 1.54 bits per heavy atom. The van der Waals surface area contributed by atoms with Crippen molar-refractivity contribution in [2.75, 3.05) is 6.61 Å². The average Bonchev–Trinajstić information content (AvgIpc) is 3.15. The predicted octanol–water partition coefficient (Wildman–Crippen LogP) is 6.77. The van der Waals surface area contributed by atoms with Crippen LogP contribution in [0.3, 0.4) is 0 Å². The molecule has 0 saturated carbocycles. The molecule has 1 aromatic heterocycles. The summed E-state index contributed by atoms with van der Waals surface area (Å²) in [5.74, 6) is 0.900. The van der Waals surface area contributed by atoms with Crippen molar-refractivity contribution in [2.45, 2.75) is 33.1 Å². The van der Waals surface area contributed by atoms with E-state index in [1.165, 1.54) is 21.6 Å². The molecule has 0 radical (unpaired) electrons. The second kappa shape index (κ2) is 9.35. The smallest absolute Gasteiger partial charge is 0.123 e. The van der Waals surface area contributed by atoms with Crippen molar-refractivity contribution in [3.05, 3.63) is 71.8 Å². The van der Waals surface area contributed by atoms with Crippen molar-refractivity contribution in [3.8, 4) is 27.4 Å². The fourth-order valence-electron chi connectivity index (χ4n) is 2.73. The van der Waals surface area contributed by atoms with Crippen LogP contribution in [-0.2, 0) is 6.42 Å². The molecule has 1 heterocycles. The molecule has 3 rings (SSSR count). The lowest BCUT2D eigenvalue weighted by Crippen LogP contribution is -1.92. The maximum Gasteiger partial charge on any atom is 0.123 e. The Labute approximate surface area is 160 Å². The van der Waals surface area contributed by atoms with E-state index in [1.807, 2.05) is 18.3 Å². The van der Waals surface area contributed by atoms with E-state index in [0.29, 0.717) is 6.61 Å². The molecule has 2 nitrogen and oxygen atoms in total. The van der Waals surface area contributed by atoms with Crippen LogP contribution in [0, 0.1) is 0 Å². The van der Waals surface area contributed by atoms with Gasteiger partial charge in [-0.1, -0.05) is 68.8 Å². The molecule has 0 N–H and O–H groups in total. The molecule has 0 aliphatic heterocycles. The zero-order valence-electron chi connectivity index (χ0n) is 15.4. The maximum atomic E-state index is 5.70. The van der Waals surface area contributed by atoms with Crippen LogP contribution in [0.4, 0.5) is 0 Å². The maximum absolute atomic E-state index is 5.70. The zero-order chi connectivity index (χ0) is 18.2. The summed E-state index contributed by atoms with van der Waals surface area (Å²) < 4.78 is 5.70. The molecule has 0 aliphatic carbocycles. The second-order valence-electron chi connectivity index (χ2n) is 6.17. The lowest BCUT2D eigenvalue weighted by Gasteiger charge is -2.06. The molecule has 0 fully saturated rings. The van der Waals surface area contributed by atoms with Gasteiger partial charge in [0.25, 0.3) is 0 Å². The van der Waals surface area contributed by atoms with Crippen LogP contribution in [-0.4, -0.2) is 11.6 Å². The van der Waals surface area contributed by atoms with Gasteiger partial charge in [-0.2, -0.15) is 0 Å². The van der Waals surface area contributed by atoms with E-state index in [0.717, 1.165) is 30.0 Å². The first-order valence-corrected chi connectivity index (χ1v) is 10.0. The standard InChI is InChI=1S/C23H25NOS/c1-3-5-6-16-25-21-14-12-19(13-15-21)18-8-10-20(11-9-18)23-24-17-22(26-23)7-4-2/h5-6,8-15,17H,3-4,7,16H2,1-2H3/b6-5+. The molecule has 2 aromatic carbocycles. The summed E-state index contributed by atoms with van der Waals surface area (Å²) in [6.45, 7) is 4.94. The van der Waals surface area contributed by atoms with E-state index in [2.05, 4.69) is 67.4 Å². The SMILES string of the molecule is CC/C=C/COc1ccc(-c2ccc(-c3ncc(CCC)s3)cc2)cc1. The minimum Gasteiger partial charge on any atom is -0.490 e. The van der Waals surface area contributed by atoms with Gasteiger partial charge in [0.2, 0.25) is 0 Å². The Hall–Kier alpha value is -2.39. The highest BCUT2D eigenvalue weighted by atomic mass is 32.1. The summed E-state index contributed by atoms with van der Waals surface area (Å²) in [6, 6.07) is 16.9. The summed E-state index contributed by atoms with van der Waals surface area (Å²) in [7, 11) is 0. The third-order valence-corrected chi connectivity index (χ3v) is 5.22. The lowest BCUT2D eigenvalue weighted by atomic mass is 10.0. The van der Waals surface area contributed by atoms with Crippen LogP contribution in [0.2, 0.25) is 0 Å². The van der Waals surface area contributed by atoms with Gasteiger partial charge in [-0.25, -0.2) is 4.98 Å². The Balaban J connectivity index is 1.66.